The summed E-state index contributed by atoms with van der Waals surface area (Å²) in [6.45, 7) is 3.59. The molecular formula is C21H24N2O6S. The molecular weight excluding hydrogens is 408 g/mol. The average molecular weight is 432 g/mol. The summed E-state index contributed by atoms with van der Waals surface area (Å²) in [7, 11) is -3.62. The van der Waals surface area contributed by atoms with Gasteiger partial charge in [0.1, 0.15) is 12.4 Å². The number of hydrogen-bond donors (Lipinski definition) is 0. The van der Waals surface area contributed by atoms with Gasteiger partial charge in [0.15, 0.2) is 11.5 Å². The smallest absolute Gasteiger partial charge is 0.267 e. The fourth-order valence-electron chi connectivity index (χ4n) is 3.52. The van der Waals surface area contributed by atoms with Crippen molar-refractivity contribution in [3.05, 3.63) is 48.5 Å². The molecule has 0 saturated carbocycles. The van der Waals surface area contributed by atoms with Gasteiger partial charge >= 0.3 is 0 Å². The lowest BCUT2D eigenvalue weighted by atomic mass is 10.2. The molecule has 1 saturated heterocycles. The summed E-state index contributed by atoms with van der Waals surface area (Å²) in [5, 5.41) is 0. The SMILES string of the molecule is CCOc1ccc(S(=O)(=O)N2CCN(C(=O)[C@H]3COc4ccccc4O3)CC2)cc1. The van der Waals surface area contributed by atoms with Crippen molar-refractivity contribution in [1.29, 1.82) is 0 Å². The molecule has 0 N–H and O–H groups in total. The van der Waals surface area contributed by atoms with Crippen molar-refractivity contribution in [3.63, 3.8) is 0 Å². The van der Waals surface area contributed by atoms with Gasteiger partial charge in [-0.3, -0.25) is 4.79 Å². The van der Waals surface area contributed by atoms with Crippen molar-refractivity contribution in [2.75, 3.05) is 39.4 Å². The zero-order chi connectivity index (χ0) is 21.1. The van der Waals surface area contributed by atoms with Gasteiger partial charge in [-0.15, -0.1) is 0 Å². The molecule has 160 valence electrons. The lowest BCUT2D eigenvalue weighted by Gasteiger charge is -2.36. The van der Waals surface area contributed by atoms with Crippen molar-refractivity contribution in [1.82, 2.24) is 9.21 Å². The van der Waals surface area contributed by atoms with Crippen LogP contribution >= 0.6 is 0 Å². The molecule has 0 unspecified atom stereocenters. The number of carbonyl (C=O) groups is 1. The molecule has 1 amide bonds. The number of ether oxygens (including phenoxy) is 3. The van der Waals surface area contributed by atoms with Crippen molar-refractivity contribution in [3.8, 4) is 17.2 Å². The predicted octanol–water partition coefficient (Wildman–Crippen LogP) is 1.76. The molecule has 1 fully saturated rings. The third-order valence-electron chi connectivity index (χ3n) is 5.11. The number of carbonyl (C=O) groups excluding carboxylic acids is 1. The number of sulfonamides is 1. The van der Waals surface area contributed by atoms with Crippen molar-refractivity contribution >= 4 is 15.9 Å². The van der Waals surface area contributed by atoms with Crippen LogP contribution in [0.4, 0.5) is 0 Å². The lowest BCUT2D eigenvalue weighted by Crippen LogP contribution is -2.55. The van der Waals surface area contributed by atoms with E-state index < -0.39 is 16.1 Å². The predicted molar refractivity (Wildman–Crippen MR) is 109 cm³/mol. The highest BCUT2D eigenvalue weighted by atomic mass is 32.2. The first-order chi connectivity index (χ1) is 14.5. The van der Waals surface area contributed by atoms with Gasteiger partial charge in [0.2, 0.25) is 16.1 Å². The van der Waals surface area contributed by atoms with Crippen molar-refractivity contribution in [2.45, 2.75) is 17.9 Å². The summed E-state index contributed by atoms with van der Waals surface area (Å²) in [5.74, 6) is 1.59. The zero-order valence-electron chi connectivity index (χ0n) is 16.7. The van der Waals surface area contributed by atoms with Crippen LogP contribution in [0.2, 0.25) is 0 Å². The maximum atomic E-state index is 12.9. The number of amides is 1. The lowest BCUT2D eigenvalue weighted by molar-refractivity contribution is -0.142. The van der Waals surface area contributed by atoms with Crippen LogP contribution in [0.3, 0.4) is 0 Å². The average Bonchev–Trinajstić information content (AvgIpc) is 2.79. The van der Waals surface area contributed by atoms with Gasteiger partial charge in [0.05, 0.1) is 11.5 Å². The van der Waals surface area contributed by atoms with Gasteiger partial charge in [-0.05, 0) is 43.3 Å². The van der Waals surface area contributed by atoms with E-state index in [1.807, 2.05) is 19.1 Å². The summed E-state index contributed by atoms with van der Waals surface area (Å²) >= 11 is 0. The van der Waals surface area contributed by atoms with E-state index in [1.54, 1.807) is 41.3 Å². The number of rotatable bonds is 5. The van der Waals surface area contributed by atoms with Crippen LogP contribution in [0.1, 0.15) is 6.92 Å². The molecule has 2 aromatic carbocycles. The highest BCUT2D eigenvalue weighted by molar-refractivity contribution is 7.89. The second-order valence-corrected chi connectivity index (χ2v) is 8.94. The largest absolute Gasteiger partial charge is 0.494 e. The fourth-order valence-corrected chi connectivity index (χ4v) is 4.94. The standard InChI is InChI=1S/C21H24N2O6S/c1-2-27-16-7-9-17(10-8-16)30(25,26)23-13-11-22(12-14-23)21(24)20-15-28-18-5-3-4-6-19(18)29-20/h3-10,20H,2,11-15H2,1H3/t20-/m1/s1. The third kappa shape index (κ3) is 4.08. The first-order valence-electron chi connectivity index (χ1n) is 9.89. The summed E-state index contributed by atoms with van der Waals surface area (Å²) in [4.78, 5) is 14.7. The fraction of sp³-hybridized carbons (Fsp3) is 0.381. The highest BCUT2D eigenvalue weighted by Gasteiger charge is 2.35. The van der Waals surface area contributed by atoms with Crippen LogP contribution in [-0.4, -0.2) is 69.0 Å². The summed E-state index contributed by atoms with van der Waals surface area (Å²) in [6, 6.07) is 13.6. The first-order valence-corrected chi connectivity index (χ1v) is 11.3. The molecule has 9 heteroatoms. The quantitative estimate of drug-likeness (QED) is 0.716. The van der Waals surface area contributed by atoms with Crippen LogP contribution in [0.15, 0.2) is 53.4 Å². The molecule has 0 radical (unpaired) electrons. The van der Waals surface area contributed by atoms with Gasteiger partial charge < -0.3 is 19.1 Å². The minimum Gasteiger partial charge on any atom is -0.494 e. The molecule has 0 spiro atoms. The molecule has 2 aliphatic heterocycles. The van der Waals surface area contributed by atoms with Crippen LogP contribution in [-0.2, 0) is 14.8 Å². The Hall–Kier alpha value is -2.78. The van der Waals surface area contributed by atoms with E-state index in [4.69, 9.17) is 14.2 Å². The maximum Gasteiger partial charge on any atom is 0.267 e. The molecule has 2 aliphatic rings. The maximum absolute atomic E-state index is 12.9. The van der Waals surface area contributed by atoms with Gasteiger partial charge in [0.25, 0.3) is 5.91 Å². The van der Waals surface area contributed by atoms with Gasteiger partial charge in [-0.2, -0.15) is 4.31 Å². The van der Waals surface area contributed by atoms with Crippen molar-refractivity contribution < 1.29 is 27.4 Å². The highest BCUT2D eigenvalue weighted by Crippen LogP contribution is 2.31. The molecule has 0 bridgehead atoms. The van der Waals surface area contributed by atoms with Crippen LogP contribution in [0.5, 0.6) is 17.2 Å². The minimum atomic E-state index is -3.62. The molecule has 2 aromatic rings. The Kier molecular flexibility index (Phi) is 5.83. The van der Waals surface area contributed by atoms with E-state index in [0.717, 1.165) is 0 Å². The Bertz CT molecular complexity index is 1000. The number of para-hydroxylation sites is 2. The molecule has 30 heavy (non-hydrogen) atoms. The summed E-state index contributed by atoms with van der Waals surface area (Å²) < 4.78 is 44.0. The van der Waals surface area contributed by atoms with E-state index in [0.29, 0.717) is 36.9 Å². The number of hydrogen-bond acceptors (Lipinski definition) is 6. The third-order valence-corrected chi connectivity index (χ3v) is 7.02. The molecule has 0 aromatic heterocycles. The molecule has 4 rings (SSSR count). The molecule has 0 aliphatic carbocycles. The van der Waals surface area contributed by atoms with E-state index >= 15 is 0 Å². The van der Waals surface area contributed by atoms with E-state index in [1.165, 1.54) is 4.31 Å². The van der Waals surface area contributed by atoms with Crippen LogP contribution < -0.4 is 14.2 Å². The second-order valence-electron chi connectivity index (χ2n) is 7.00. The number of fused-ring (bicyclic) bond motifs is 1. The Morgan fingerprint density at radius 3 is 2.37 bits per heavy atom. The van der Waals surface area contributed by atoms with Crippen molar-refractivity contribution in [2.24, 2.45) is 0 Å². The minimum absolute atomic E-state index is 0.139. The topological polar surface area (TPSA) is 85.4 Å². The van der Waals surface area contributed by atoms with Gasteiger partial charge in [-0.1, -0.05) is 12.1 Å². The monoisotopic (exact) mass is 432 g/mol. The molecule has 8 nitrogen and oxygen atoms in total. The number of nitrogens with zero attached hydrogens (tertiary/aromatic N) is 2. The Morgan fingerprint density at radius 2 is 1.70 bits per heavy atom. The van der Waals surface area contributed by atoms with Crippen LogP contribution in [0, 0.1) is 0 Å². The van der Waals surface area contributed by atoms with Gasteiger partial charge in [-0.25, -0.2) is 8.42 Å². The number of piperazine rings is 1. The van der Waals surface area contributed by atoms with E-state index in [9.17, 15) is 13.2 Å². The Labute approximate surface area is 176 Å². The Morgan fingerprint density at radius 1 is 1.03 bits per heavy atom. The normalized spacial score (nSPS) is 19.4. The summed E-state index contributed by atoms with van der Waals surface area (Å²) in [5.41, 5.74) is 0. The summed E-state index contributed by atoms with van der Waals surface area (Å²) in [6.07, 6.45) is -0.728. The first kappa shape index (κ1) is 20.5. The molecule has 2 heterocycles. The zero-order valence-corrected chi connectivity index (χ0v) is 17.5. The second kappa shape index (κ2) is 8.53. The molecule has 1 atom stereocenters. The van der Waals surface area contributed by atoms with Crippen LogP contribution in [0.25, 0.3) is 0 Å². The van der Waals surface area contributed by atoms with Gasteiger partial charge in [0, 0.05) is 26.2 Å². The number of benzene rings is 2. The van der Waals surface area contributed by atoms with E-state index in [-0.39, 0.29) is 30.5 Å². The van der Waals surface area contributed by atoms with E-state index in [2.05, 4.69) is 0 Å². The Balaban J connectivity index is 1.37.